The van der Waals surface area contributed by atoms with Gasteiger partial charge in [0.15, 0.2) is 11.8 Å². The summed E-state index contributed by atoms with van der Waals surface area (Å²) in [5, 5.41) is 15.4. The Labute approximate surface area is 158 Å². The van der Waals surface area contributed by atoms with Crippen molar-refractivity contribution in [3.8, 4) is 0 Å². The first-order valence-electron chi connectivity index (χ1n) is 9.45. The second-order valence-electron chi connectivity index (χ2n) is 6.93. The van der Waals surface area contributed by atoms with E-state index in [1.165, 1.54) is 24.2 Å². The van der Waals surface area contributed by atoms with E-state index in [1.54, 1.807) is 0 Å². The molecule has 1 fully saturated rings. The molecule has 0 atom stereocenters. The molecule has 2 aromatic rings. The summed E-state index contributed by atoms with van der Waals surface area (Å²) >= 11 is 1.98. The molecule has 7 heteroatoms. The average Bonchev–Trinajstić information content (AvgIpc) is 3.08. The molecule has 1 aliphatic heterocycles. The lowest BCUT2D eigenvalue weighted by atomic mass is 10.4. The first kappa shape index (κ1) is 17.4. The molecule has 1 aromatic heterocycles. The average molecular weight is 371 g/mol. The minimum atomic E-state index is 0.299. The van der Waals surface area contributed by atoms with Gasteiger partial charge in [-0.3, -0.25) is 0 Å². The molecule has 0 unspecified atom stereocenters. The maximum Gasteiger partial charge on any atom is 0.191 e. The lowest BCUT2D eigenvalue weighted by molar-refractivity contribution is 0.683. The number of aliphatic imine (C=N–C) groups is 1. The van der Waals surface area contributed by atoms with Gasteiger partial charge in [0.25, 0.3) is 0 Å². The van der Waals surface area contributed by atoms with Gasteiger partial charge in [-0.25, -0.2) is 4.99 Å². The molecule has 4 rings (SSSR count). The van der Waals surface area contributed by atoms with Gasteiger partial charge in [0.05, 0.1) is 0 Å². The quantitative estimate of drug-likeness (QED) is 0.579. The van der Waals surface area contributed by atoms with Crippen LogP contribution < -0.4 is 10.6 Å². The summed E-state index contributed by atoms with van der Waals surface area (Å²) in [5.41, 5.74) is 0. The van der Waals surface area contributed by atoms with Gasteiger partial charge in [-0.2, -0.15) is 0 Å². The summed E-state index contributed by atoms with van der Waals surface area (Å²) in [4.78, 5) is 6.07. The van der Waals surface area contributed by atoms with Crippen LogP contribution >= 0.6 is 11.8 Å². The van der Waals surface area contributed by atoms with Gasteiger partial charge in [-0.15, -0.1) is 22.0 Å². The van der Waals surface area contributed by atoms with Crippen molar-refractivity contribution in [2.75, 3.05) is 13.1 Å². The van der Waals surface area contributed by atoms with Gasteiger partial charge < -0.3 is 15.2 Å². The second-order valence-corrected chi connectivity index (χ2v) is 8.48. The fraction of sp³-hybridized carbons (Fsp3) is 0.526. The van der Waals surface area contributed by atoms with E-state index >= 15 is 0 Å². The molecule has 0 saturated heterocycles. The Bertz CT molecular complexity index is 766. The lowest BCUT2D eigenvalue weighted by Crippen LogP contribution is -2.41. The minimum absolute atomic E-state index is 0.299. The molecule has 2 heterocycles. The number of rotatable bonds is 7. The fourth-order valence-electron chi connectivity index (χ4n) is 3.26. The van der Waals surface area contributed by atoms with Crippen molar-refractivity contribution >= 4 is 17.7 Å². The van der Waals surface area contributed by atoms with Crippen LogP contribution in [-0.2, 0) is 19.5 Å². The third-order valence-electron chi connectivity index (χ3n) is 4.87. The maximum absolute atomic E-state index is 4.73. The Morgan fingerprint density at radius 3 is 2.85 bits per heavy atom. The Morgan fingerprint density at radius 1 is 1.23 bits per heavy atom. The third-order valence-corrected chi connectivity index (χ3v) is 6.37. The highest BCUT2D eigenvalue weighted by atomic mass is 32.2. The molecule has 0 amide bonds. The summed E-state index contributed by atoms with van der Waals surface area (Å²) < 4.78 is 2.51. The van der Waals surface area contributed by atoms with E-state index in [-0.39, 0.29) is 0 Å². The summed E-state index contributed by atoms with van der Waals surface area (Å²) in [6.07, 6.45) is 4.70. The van der Waals surface area contributed by atoms with Gasteiger partial charge in [0.2, 0.25) is 0 Å². The predicted molar refractivity (Wildman–Crippen MR) is 105 cm³/mol. The molecule has 0 bridgehead atoms. The SMILES string of the molecule is CCNC(=NCc1nnc2n1CCC2)NCC1(Sc2ccccc2)CC1. The molecular formula is C19H26N6S. The van der Waals surface area contributed by atoms with Crippen molar-refractivity contribution in [1.82, 2.24) is 25.4 Å². The van der Waals surface area contributed by atoms with Crippen LogP contribution in [0.5, 0.6) is 0 Å². The highest BCUT2D eigenvalue weighted by Crippen LogP contribution is 2.51. The van der Waals surface area contributed by atoms with Crippen LogP contribution in [0, 0.1) is 0 Å². The fourth-order valence-corrected chi connectivity index (χ4v) is 4.50. The Kier molecular flexibility index (Phi) is 5.15. The smallest absolute Gasteiger partial charge is 0.191 e. The Hall–Kier alpha value is -2.02. The highest BCUT2D eigenvalue weighted by Gasteiger charge is 2.43. The monoisotopic (exact) mass is 370 g/mol. The topological polar surface area (TPSA) is 67.1 Å². The number of benzene rings is 1. The zero-order valence-electron chi connectivity index (χ0n) is 15.2. The molecule has 1 saturated carbocycles. The van der Waals surface area contributed by atoms with E-state index in [0.29, 0.717) is 11.3 Å². The second kappa shape index (κ2) is 7.70. The van der Waals surface area contributed by atoms with E-state index < -0.39 is 0 Å². The molecule has 0 spiro atoms. The van der Waals surface area contributed by atoms with Gasteiger partial charge >= 0.3 is 0 Å². The largest absolute Gasteiger partial charge is 0.357 e. The number of nitrogens with zero attached hydrogens (tertiary/aromatic N) is 4. The molecule has 1 aromatic carbocycles. The van der Waals surface area contributed by atoms with Gasteiger partial charge in [-0.05, 0) is 38.3 Å². The number of thioether (sulfide) groups is 1. The van der Waals surface area contributed by atoms with Gasteiger partial charge in [0, 0.05) is 35.7 Å². The number of aromatic nitrogens is 3. The van der Waals surface area contributed by atoms with Crippen LogP contribution in [-0.4, -0.2) is 38.6 Å². The van der Waals surface area contributed by atoms with Crippen LogP contribution in [0.4, 0.5) is 0 Å². The molecule has 2 N–H and O–H groups in total. The zero-order valence-corrected chi connectivity index (χ0v) is 16.1. The molecular weight excluding hydrogens is 344 g/mol. The van der Waals surface area contributed by atoms with Crippen molar-refractivity contribution < 1.29 is 0 Å². The molecule has 138 valence electrons. The van der Waals surface area contributed by atoms with Crippen LogP contribution in [0.3, 0.4) is 0 Å². The van der Waals surface area contributed by atoms with Crippen LogP contribution in [0.2, 0.25) is 0 Å². The van der Waals surface area contributed by atoms with E-state index in [4.69, 9.17) is 4.99 Å². The Morgan fingerprint density at radius 2 is 2.08 bits per heavy atom. The van der Waals surface area contributed by atoms with Crippen molar-refractivity contribution in [3.05, 3.63) is 42.0 Å². The number of nitrogens with one attached hydrogen (secondary N) is 2. The zero-order chi connectivity index (χ0) is 17.8. The molecule has 1 aliphatic carbocycles. The van der Waals surface area contributed by atoms with Gasteiger partial charge in [0.1, 0.15) is 12.4 Å². The number of fused-ring (bicyclic) bond motifs is 1. The van der Waals surface area contributed by atoms with Crippen molar-refractivity contribution in [2.45, 2.75) is 55.3 Å². The summed E-state index contributed by atoms with van der Waals surface area (Å²) in [7, 11) is 0. The van der Waals surface area contributed by atoms with E-state index in [2.05, 4.69) is 62.7 Å². The van der Waals surface area contributed by atoms with E-state index in [0.717, 1.165) is 43.7 Å². The van der Waals surface area contributed by atoms with Crippen molar-refractivity contribution in [3.63, 3.8) is 0 Å². The number of hydrogen-bond donors (Lipinski definition) is 2. The Balaban J connectivity index is 1.36. The first-order valence-corrected chi connectivity index (χ1v) is 10.3. The molecule has 6 nitrogen and oxygen atoms in total. The summed E-state index contributed by atoms with van der Waals surface area (Å²) in [6.45, 7) is 5.46. The summed E-state index contributed by atoms with van der Waals surface area (Å²) in [6, 6.07) is 10.7. The highest BCUT2D eigenvalue weighted by molar-refractivity contribution is 8.01. The van der Waals surface area contributed by atoms with Crippen LogP contribution in [0.1, 0.15) is 37.8 Å². The molecule has 26 heavy (non-hydrogen) atoms. The van der Waals surface area contributed by atoms with Crippen molar-refractivity contribution in [1.29, 1.82) is 0 Å². The summed E-state index contributed by atoms with van der Waals surface area (Å²) in [5.74, 6) is 2.93. The number of aryl methyl sites for hydroxylation is 1. The van der Waals surface area contributed by atoms with E-state index in [1.807, 2.05) is 11.8 Å². The molecule has 0 radical (unpaired) electrons. The van der Waals surface area contributed by atoms with Crippen LogP contribution in [0.15, 0.2) is 40.2 Å². The van der Waals surface area contributed by atoms with Crippen LogP contribution in [0.25, 0.3) is 0 Å². The third kappa shape index (κ3) is 4.03. The van der Waals surface area contributed by atoms with Gasteiger partial charge in [-0.1, -0.05) is 18.2 Å². The maximum atomic E-state index is 4.73. The number of hydrogen-bond acceptors (Lipinski definition) is 4. The lowest BCUT2D eigenvalue weighted by Gasteiger charge is -2.18. The van der Waals surface area contributed by atoms with Crippen molar-refractivity contribution in [2.24, 2.45) is 4.99 Å². The minimum Gasteiger partial charge on any atom is -0.357 e. The number of guanidine groups is 1. The first-order chi connectivity index (χ1) is 12.8. The van der Waals surface area contributed by atoms with E-state index in [9.17, 15) is 0 Å². The normalized spacial score (nSPS) is 17.8. The molecule has 2 aliphatic rings. The predicted octanol–water partition coefficient (Wildman–Crippen LogP) is 2.60. The standard InChI is InChI=1S/C19H26N6S/c1-2-20-18(21-13-17-24-23-16-9-6-12-25(16)17)22-14-19(10-11-19)26-15-7-4-3-5-8-15/h3-5,7-8H,2,6,9-14H2,1H3,(H2,20,21,22).